The minimum Gasteiger partial charge on any atom is -0.462 e. The largest absolute Gasteiger partial charge is 0.462 e. The Morgan fingerprint density at radius 3 is 2.62 bits per heavy atom. The van der Waals surface area contributed by atoms with Crippen LogP contribution in [0.3, 0.4) is 0 Å². The number of amides is 1. The standard InChI is InChI=1S/C19H28N2O3S2/c1-6-19(4,5)12-8-9-13-14(10-12)26-16(15(13)17(23)24-7-2)21-18(25)20-11(3)22/h12H,6-10H2,1-5H3,(H2,20,21,22,25)/t12-/m0/s1. The highest BCUT2D eigenvalue weighted by Crippen LogP contribution is 2.45. The van der Waals surface area contributed by atoms with Crippen molar-refractivity contribution in [3.63, 3.8) is 0 Å². The van der Waals surface area contributed by atoms with E-state index in [4.69, 9.17) is 17.0 Å². The van der Waals surface area contributed by atoms with Crippen LogP contribution in [0, 0.1) is 11.3 Å². The molecule has 0 aliphatic heterocycles. The van der Waals surface area contributed by atoms with Gasteiger partial charge in [0.05, 0.1) is 12.2 Å². The van der Waals surface area contributed by atoms with E-state index >= 15 is 0 Å². The molecule has 2 rings (SSSR count). The molecular weight excluding hydrogens is 368 g/mol. The molecule has 0 fully saturated rings. The van der Waals surface area contributed by atoms with E-state index in [-0.39, 0.29) is 22.4 Å². The van der Waals surface area contributed by atoms with E-state index in [0.717, 1.165) is 31.2 Å². The number of carbonyl (C=O) groups excluding carboxylic acids is 2. The first-order valence-electron chi connectivity index (χ1n) is 9.09. The van der Waals surface area contributed by atoms with Crippen LogP contribution in [0.5, 0.6) is 0 Å². The second-order valence-electron chi connectivity index (χ2n) is 7.35. The number of hydrogen-bond acceptors (Lipinski definition) is 5. The average molecular weight is 397 g/mol. The molecule has 0 saturated heterocycles. The lowest BCUT2D eigenvalue weighted by Crippen LogP contribution is -2.32. The molecule has 5 nitrogen and oxygen atoms in total. The van der Waals surface area contributed by atoms with Gasteiger partial charge in [-0.3, -0.25) is 4.79 Å². The maximum absolute atomic E-state index is 12.6. The minimum atomic E-state index is -0.327. The van der Waals surface area contributed by atoms with Gasteiger partial charge in [0.1, 0.15) is 5.00 Å². The van der Waals surface area contributed by atoms with Gasteiger partial charge >= 0.3 is 5.97 Å². The van der Waals surface area contributed by atoms with Crippen LogP contribution in [0.15, 0.2) is 0 Å². The van der Waals surface area contributed by atoms with Crippen LogP contribution in [0.1, 0.15) is 68.3 Å². The molecule has 7 heteroatoms. The normalized spacial score (nSPS) is 16.6. The first-order chi connectivity index (χ1) is 12.2. The van der Waals surface area contributed by atoms with Crippen LogP contribution in [0.2, 0.25) is 0 Å². The Labute approximate surface area is 164 Å². The molecule has 0 bridgehead atoms. The lowest BCUT2D eigenvalue weighted by atomic mass is 9.69. The Balaban J connectivity index is 2.35. The molecule has 0 aromatic carbocycles. The summed E-state index contributed by atoms with van der Waals surface area (Å²) in [6.45, 7) is 10.4. The maximum atomic E-state index is 12.6. The first kappa shape index (κ1) is 20.8. The van der Waals surface area contributed by atoms with Gasteiger partial charge < -0.3 is 15.4 Å². The van der Waals surface area contributed by atoms with Crippen molar-refractivity contribution in [2.75, 3.05) is 11.9 Å². The lowest BCUT2D eigenvalue weighted by Gasteiger charge is -2.36. The van der Waals surface area contributed by atoms with Gasteiger partial charge in [-0.05, 0) is 55.3 Å². The zero-order valence-electron chi connectivity index (χ0n) is 16.2. The average Bonchev–Trinajstić information content (AvgIpc) is 2.90. The van der Waals surface area contributed by atoms with Crippen molar-refractivity contribution >= 4 is 45.5 Å². The number of thiophene rings is 1. The van der Waals surface area contributed by atoms with Crippen molar-refractivity contribution < 1.29 is 14.3 Å². The van der Waals surface area contributed by atoms with Gasteiger partial charge in [-0.25, -0.2) is 4.79 Å². The molecule has 0 unspecified atom stereocenters. The first-order valence-corrected chi connectivity index (χ1v) is 10.3. The molecule has 2 N–H and O–H groups in total. The highest BCUT2D eigenvalue weighted by molar-refractivity contribution is 7.80. The fraction of sp³-hybridized carbons (Fsp3) is 0.632. The van der Waals surface area contributed by atoms with E-state index in [1.807, 2.05) is 0 Å². The van der Waals surface area contributed by atoms with Crippen molar-refractivity contribution in [2.45, 2.75) is 60.3 Å². The van der Waals surface area contributed by atoms with E-state index in [2.05, 4.69) is 31.4 Å². The van der Waals surface area contributed by atoms with E-state index in [1.165, 1.54) is 11.8 Å². The summed E-state index contributed by atoms with van der Waals surface area (Å²) in [5.41, 5.74) is 1.92. The third-order valence-corrected chi connectivity index (χ3v) is 6.65. The van der Waals surface area contributed by atoms with E-state index in [1.54, 1.807) is 18.3 Å². The molecule has 0 radical (unpaired) electrons. The highest BCUT2D eigenvalue weighted by atomic mass is 32.1. The van der Waals surface area contributed by atoms with Crippen LogP contribution in [0.25, 0.3) is 0 Å². The fourth-order valence-corrected chi connectivity index (χ4v) is 4.97. The zero-order valence-corrected chi connectivity index (χ0v) is 17.8. The Bertz CT molecular complexity index is 710. The molecule has 0 saturated carbocycles. The van der Waals surface area contributed by atoms with Gasteiger partial charge in [-0.15, -0.1) is 11.3 Å². The predicted octanol–water partition coefficient (Wildman–Crippen LogP) is 4.30. The molecule has 1 atom stereocenters. The van der Waals surface area contributed by atoms with Crippen LogP contribution in [-0.2, 0) is 22.4 Å². The fourth-order valence-electron chi connectivity index (χ4n) is 3.34. The number of rotatable bonds is 5. The Hall–Kier alpha value is -1.47. The minimum absolute atomic E-state index is 0.201. The van der Waals surface area contributed by atoms with Gasteiger partial charge in [-0.1, -0.05) is 27.2 Å². The van der Waals surface area contributed by atoms with Crippen molar-refractivity contribution in [2.24, 2.45) is 11.3 Å². The SMILES string of the molecule is CCOC(=O)c1c(NC(=S)NC(C)=O)sc2c1CC[C@H](C(C)(C)CC)C2. The van der Waals surface area contributed by atoms with Crippen LogP contribution in [-0.4, -0.2) is 23.6 Å². The summed E-state index contributed by atoms with van der Waals surface area (Å²) < 4.78 is 5.27. The lowest BCUT2D eigenvalue weighted by molar-refractivity contribution is -0.117. The molecular formula is C19H28N2O3S2. The smallest absolute Gasteiger partial charge is 0.341 e. The van der Waals surface area contributed by atoms with Crippen LogP contribution in [0.4, 0.5) is 5.00 Å². The summed E-state index contributed by atoms with van der Waals surface area (Å²) in [7, 11) is 0. The number of thiocarbonyl (C=S) groups is 1. The summed E-state index contributed by atoms with van der Waals surface area (Å²) in [6.07, 6.45) is 4.01. The van der Waals surface area contributed by atoms with Gasteiger partial charge in [-0.2, -0.15) is 0 Å². The molecule has 0 spiro atoms. The van der Waals surface area contributed by atoms with Gasteiger partial charge in [0, 0.05) is 11.8 Å². The predicted molar refractivity (Wildman–Crippen MR) is 110 cm³/mol. The molecule has 1 aromatic heterocycles. The molecule has 26 heavy (non-hydrogen) atoms. The van der Waals surface area contributed by atoms with Crippen LogP contribution < -0.4 is 10.6 Å². The highest BCUT2D eigenvalue weighted by Gasteiger charge is 2.35. The number of esters is 1. The number of nitrogens with one attached hydrogen (secondary N) is 2. The molecule has 144 valence electrons. The Kier molecular flexibility index (Phi) is 6.80. The van der Waals surface area contributed by atoms with Gasteiger partial charge in [0.2, 0.25) is 5.91 Å². The van der Waals surface area contributed by atoms with Crippen molar-refractivity contribution in [3.8, 4) is 0 Å². The monoisotopic (exact) mass is 396 g/mol. The number of hydrogen-bond donors (Lipinski definition) is 2. The Morgan fingerprint density at radius 2 is 2.04 bits per heavy atom. The summed E-state index contributed by atoms with van der Waals surface area (Å²) >= 11 is 6.73. The van der Waals surface area contributed by atoms with Crippen molar-refractivity contribution in [3.05, 3.63) is 16.0 Å². The quantitative estimate of drug-likeness (QED) is 0.574. The third kappa shape index (κ3) is 4.62. The number of carbonyl (C=O) groups is 2. The summed E-state index contributed by atoms with van der Waals surface area (Å²) in [5, 5.41) is 6.44. The van der Waals surface area contributed by atoms with Crippen molar-refractivity contribution in [1.29, 1.82) is 0 Å². The number of ether oxygens (including phenoxy) is 1. The summed E-state index contributed by atoms with van der Waals surface area (Å²) in [6, 6.07) is 0. The topological polar surface area (TPSA) is 67.4 Å². The Morgan fingerprint density at radius 1 is 1.35 bits per heavy atom. The zero-order chi connectivity index (χ0) is 19.5. The molecule has 1 amide bonds. The number of fused-ring (bicyclic) bond motifs is 1. The molecule has 1 aromatic rings. The summed E-state index contributed by atoms with van der Waals surface area (Å²) in [4.78, 5) is 25.0. The van der Waals surface area contributed by atoms with Crippen molar-refractivity contribution in [1.82, 2.24) is 5.32 Å². The van der Waals surface area contributed by atoms with Gasteiger partial charge in [0.25, 0.3) is 0 Å². The van der Waals surface area contributed by atoms with Crippen LogP contribution >= 0.6 is 23.6 Å². The second-order valence-corrected chi connectivity index (χ2v) is 8.86. The maximum Gasteiger partial charge on any atom is 0.341 e. The van der Waals surface area contributed by atoms with E-state index in [0.29, 0.717) is 23.1 Å². The van der Waals surface area contributed by atoms with E-state index in [9.17, 15) is 9.59 Å². The van der Waals surface area contributed by atoms with E-state index < -0.39 is 0 Å². The third-order valence-electron chi connectivity index (χ3n) is 5.28. The number of anilines is 1. The van der Waals surface area contributed by atoms with Gasteiger partial charge in [0.15, 0.2) is 5.11 Å². The summed E-state index contributed by atoms with van der Waals surface area (Å²) in [5.74, 6) is 0.0152. The second kappa shape index (κ2) is 8.48. The molecule has 1 heterocycles. The molecule has 1 aliphatic rings. The molecule has 1 aliphatic carbocycles.